The number of nitrogens with one attached hydrogen (secondary N) is 1. The largest absolute Gasteiger partial charge is 0.392 e. The Labute approximate surface area is 127 Å². The zero-order valence-electron chi connectivity index (χ0n) is 10.7. The van der Waals surface area contributed by atoms with Crippen molar-refractivity contribution in [3.8, 4) is 0 Å². The van der Waals surface area contributed by atoms with Gasteiger partial charge in [0.15, 0.2) is 0 Å². The van der Waals surface area contributed by atoms with Crippen LogP contribution in [0.15, 0.2) is 15.9 Å². The van der Waals surface area contributed by atoms with Gasteiger partial charge in [0.25, 0.3) is 0 Å². The molecule has 1 heterocycles. The number of thiophene rings is 1. The minimum absolute atomic E-state index is 0.0598. The van der Waals surface area contributed by atoms with Gasteiger partial charge in [0.2, 0.25) is 5.91 Å². The zero-order valence-corrected chi connectivity index (χ0v) is 13.1. The Morgan fingerprint density at radius 1 is 1.40 bits per heavy atom. The summed E-state index contributed by atoms with van der Waals surface area (Å²) in [5.74, 6) is -2.92. The van der Waals surface area contributed by atoms with Gasteiger partial charge in [-0.1, -0.05) is 12.8 Å². The number of alkyl halides is 3. The Bertz CT molecular complexity index is 474. The summed E-state index contributed by atoms with van der Waals surface area (Å²) in [5, 5.41) is 4.50. The SMILES string of the molecule is O=C(NCc1sccc1Br)C1CCCCC1C(F)(F)F. The summed E-state index contributed by atoms with van der Waals surface area (Å²) in [6.45, 7) is 0.276. The highest BCUT2D eigenvalue weighted by Crippen LogP contribution is 2.41. The first-order valence-corrected chi connectivity index (χ1v) is 8.13. The molecule has 1 amide bonds. The minimum atomic E-state index is -4.29. The molecule has 2 rings (SSSR count). The highest BCUT2D eigenvalue weighted by Gasteiger charge is 2.47. The average Bonchev–Trinajstić information content (AvgIpc) is 2.80. The molecule has 20 heavy (non-hydrogen) atoms. The van der Waals surface area contributed by atoms with Crippen LogP contribution in [0, 0.1) is 11.8 Å². The summed E-state index contributed by atoms with van der Waals surface area (Å²) < 4.78 is 39.7. The summed E-state index contributed by atoms with van der Waals surface area (Å²) >= 11 is 4.80. The molecule has 2 unspecified atom stereocenters. The van der Waals surface area contributed by atoms with E-state index in [0.29, 0.717) is 19.3 Å². The van der Waals surface area contributed by atoms with Gasteiger partial charge in [0.1, 0.15) is 0 Å². The Hall–Kier alpha value is -0.560. The van der Waals surface area contributed by atoms with Crippen molar-refractivity contribution in [3.63, 3.8) is 0 Å². The number of carbonyl (C=O) groups excluding carboxylic acids is 1. The summed E-state index contributed by atoms with van der Waals surface area (Å²) in [6, 6.07) is 1.85. The molecule has 1 aliphatic rings. The molecule has 1 aromatic heterocycles. The number of halogens is 4. The lowest BCUT2D eigenvalue weighted by Gasteiger charge is -2.31. The third kappa shape index (κ3) is 3.75. The molecule has 0 aliphatic heterocycles. The molecule has 2 atom stereocenters. The van der Waals surface area contributed by atoms with Crippen LogP contribution in [0.2, 0.25) is 0 Å². The molecular formula is C13H15BrF3NOS. The Morgan fingerprint density at radius 3 is 2.70 bits per heavy atom. The highest BCUT2D eigenvalue weighted by molar-refractivity contribution is 9.10. The molecule has 0 aromatic carbocycles. The summed E-state index contributed by atoms with van der Waals surface area (Å²) in [6.07, 6.45) is -2.67. The third-order valence-corrected chi connectivity index (χ3v) is 5.56. The van der Waals surface area contributed by atoms with Gasteiger partial charge in [-0.25, -0.2) is 0 Å². The van der Waals surface area contributed by atoms with Crippen LogP contribution in [0.25, 0.3) is 0 Å². The van der Waals surface area contributed by atoms with E-state index in [2.05, 4.69) is 21.2 Å². The van der Waals surface area contributed by atoms with Gasteiger partial charge in [-0.15, -0.1) is 11.3 Å². The van der Waals surface area contributed by atoms with Crippen molar-refractivity contribution in [2.24, 2.45) is 11.8 Å². The van der Waals surface area contributed by atoms with E-state index in [1.54, 1.807) is 0 Å². The minimum Gasteiger partial charge on any atom is -0.351 e. The van der Waals surface area contributed by atoms with E-state index in [-0.39, 0.29) is 13.0 Å². The van der Waals surface area contributed by atoms with Gasteiger partial charge in [0.05, 0.1) is 12.5 Å². The number of rotatable bonds is 3. The predicted octanol–water partition coefficient (Wildman–Crippen LogP) is 4.50. The van der Waals surface area contributed by atoms with Gasteiger partial charge < -0.3 is 5.32 Å². The molecule has 0 saturated heterocycles. The van der Waals surface area contributed by atoms with Crippen molar-refractivity contribution in [3.05, 3.63) is 20.8 Å². The van der Waals surface area contributed by atoms with E-state index >= 15 is 0 Å². The van der Waals surface area contributed by atoms with Crippen LogP contribution in [0.4, 0.5) is 13.2 Å². The van der Waals surface area contributed by atoms with E-state index in [4.69, 9.17) is 0 Å². The predicted molar refractivity (Wildman–Crippen MR) is 75.4 cm³/mol. The van der Waals surface area contributed by atoms with Crippen molar-refractivity contribution in [2.45, 2.75) is 38.4 Å². The second-order valence-electron chi connectivity index (χ2n) is 4.95. The van der Waals surface area contributed by atoms with Crippen LogP contribution >= 0.6 is 27.3 Å². The van der Waals surface area contributed by atoms with E-state index < -0.39 is 23.9 Å². The number of hydrogen-bond acceptors (Lipinski definition) is 2. The maximum Gasteiger partial charge on any atom is 0.392 e. The van der Waals surface area contributed by atoms with Crippen LogP contribution in [-0.2, 0) is 11.3 Å². The van der Waals surface area contributed by atoms with Crippen molar-refractivity contribution in [1.29, 1.82) is 0 Å². The van der Waals surface area contributed by atoms with Crippen molar-refractivity contribution >= 4 is 33.2 Å². The monoisotopic (exact) mass is 369 g/mol. The molecule has 0 radical (unpaired) electrons. The lowest BCUT2D eigenvalue weighted by atomic mass is 9.78. The van der Waals surface area contributed by atoms with Crippen LogP contribution in [0.1, 0.15) is 30.6 Å². The first kappa shape index (κ1) is 15.8. The molecule has 1 aromatic rings. The second kappa shape index (κ2) is 6.47. The highest BCUT2D eigenvalue weighted by atomic mass is 79.9. The fourth-order valence-corrected chi connectivity index (χ4v) is 4.02. The summed E-state index contributed by atoms with van der Waals surface area (Å²) in [7, 11) is 0. The zero-order chi connectivity index (χ0) is 14.8. The van der Waals surface area contributed by atoms with E-state index in [9.17, 15) is 18.0 Å². The fourth-order valence-electron chi connectivity index (χ4n) is 2.59. The van der Waals surface area contributed by atoms with Gasteiger partial charge >= 0.3 is 6.18 Å². The van der Waals surface area contributed by atoms with Gasteiger partial charge in [-0.05, 0) is 40.2 Å². The van der Waals surface area contributed by atoms with E-state index in [1.165, 1.54) is 11.3 Å². The standard InChI is InChI=1S/C13H15BrF3NOS/c14-10-5-6-20-11(10)7-18-12(19)8-3-1-2-4-9(8)13(15,16)17/h5-6,8-9H,1-4,7H2,(H,18,19). The molecule has 0 bridgehead atoms. The first-order chi connectivity index (χ1) is 9.39. The summed E-state index contributed by atoms with van der Waals surface area (Å²) in [5.41, 5.74) is 0. The van der Waals surface area contributed by atoms with E-state index in [1.807, 2.05) is 11.4 Å². The van der Waals surface area contributed by atoms with Crippen molar-refractivity contribution < 1.29 is 18.0 Å². The molecular weight excluding hydrogens is 355 g/mol. The topological polar surface area (TPSA) is 29.1 Å². The number of hydrogen-bond donors (Lipinski definition) is 1. The van der Waals surface area contributed by atoms with Crippen LogP contribution in [0.3, 0.4) is 0 Å². The Balaban J connectivity index is 1.98. The smallest absolute Gasteiger partial charge is 0.351 e. The Kier molecular flexibility index (Phi) is 5.12. The molecule has 112 valence electrons. The molecule has 7 heteroatoms. The maximum atomic E-state index is 12.9. The molecule has 0 spiro atoms. The first-order valence-electron chi connectivity index (χ1n) is 6.46. The molecule has 1 fully saturated rings. The summed E-state index contributed by atoms with van der Waals surface area (Å²) in [4.78, 5) is 13.0. The number of carbonyl (C=O) groups is 1. The fraction of sp³-hybridized carbons (Fsp3) is 0.615. The van der Waals surface area contributed by atoms with E-state index in [0.717, 1.165) is 9.35 Å². The van der Waals surface area contributed by atoms with Crippen molar-refractivity contribution in [2.75, 3.05) is 0 Å². The molecule has 2 nitrogen and oxygen atoms in total. The van der Waals surface area contributed by atoms with Crippen LogP contribution in [0.5, 0.6) is 0 Å². The lowest BCUT2D eigenvalue weighted by molar-refractivity contribution is -0.198. The van der Waals surface area contributed by atoms with Crippen LogP contribution in [-0.4, -0.2) is 12.1 Å². The van der Waals surface area contributed by atoms with Gasteiger partial charge in [-0.2, -0.15) is 13.2 Å². The molecule has 1 saturated carbocycles. The van der Waals surface area contributed by atoms with Gasteiger partial charge in [0, 0.05) is 15.3 Å². The second-order valence-corrected chi connectivity index (χ2v) is 6.80. The third-order valence-electron chi connectivity index (χ3n) is 3.64. The Morgan fingerprint density at radius 2 is 2.10 bits per heavy atom. The average molecular weight is 370 g/mol. The maximum absolute atomic E-state index is 12.9. The molecule has 1 aliphatic carbocycles. The number of amides is 1. The van der Waals surface area contributed by atoms with Crippen LogP contribution < -0.4 is 5.32 Å². The quantitative estimate of drug-likeness (QED) is 0.834. The normalized spacial score (nSPS) is 23.6. The van der Waals surface area contributed by atoms with Crippen molar-refractivity contribution in [1.82, 2.24) is 5.32 Å². The molecule has 1 N–H and O–H groups in total. The van der Waals surface area contributed by atoms with Gasteiger partial charge in [-0.3, -0.25) is 4.79 Å². The lowest BCUT2D eigenvalue weighted by Crippen LogP contribution is -2.42.